The molecular weight excluding hydrogens is 340 g/mol. The number of hydrogen-bond donors (Lipinski definition) is 1. The summed E-state index contributed by atoms with van der Waals surface area (Å²) in [4.78, 5) is 13.8. The van der Waals surface area contributed by atoms with Crippen LogP contribution in [0.25, 0.3) is 0 Å². The van der Waals surface area contributed by atoms with E-state index < -0.39 is 10.0 Å². The Morgan fingerprint density at radius 3 is 2.32 bits per heavy atom. The standard InChI is InChI=1S/C18H30N2O4S/c1-18(2,3)15-7-9-16(10-8-15)25(22,23)19-12-11-17(21)20(4)13-6-14-24-5/h7-10,19H,6,11-14H2,1-5H3. The third-order valence-corrected chi connectivity index (χ3v) is 5.41. The summed E-state index contributed by atoms with van der Waals surface area (Å²) in [7, 11) is -0.284. The normalized spacial score (nSPS) is 12.2. The van der Waals surface area contributed by atoms with Crippen LogP contribution in [0.2, 0.25) is 0 Å². The zero-order valence-corrected chi connectivity index (χ0v) is 16.6. The fraction of sp³-hybridized carbons (Fsp3) is 0.611. The van der Waals surface area contributed by atoms with E-state index in [1.165, 1.54) is 0 Å². The van der Waals surface area contributed by atoms with Gasteiger partial charge in [0.05, 0.1) is 4.90 Å². The van der Waals surface area contributed by atoms with Crippen molar-refractivity contribution in [3.05, 3.63) is 29.8 Å². The SMILES string of the molecule is COCCCN(C)C(=O)CCNS(=O)(=O)c1ccc(C(C)(C)C)cc1. The van der Waals surface area contributed by atoms with Gasteiger partial charge in [0.25, 0.3) is 0 Å². The third-order valence-electron chi connectivity index (χ3n) is 3.93. The number of nitrogens with one attached hydrogen (secondary N) is 1. The van der Waals surface area contributed by atoms with Crippen LogP contribution in [0.3, 0.4) is 0 Å². The Hall–Kier alpha value is -1.44. The fourth-order valence-electron chi connectivity index (χ4n) is 2.27. The Bertz CT molecular complexity index is 649. The van der Waals surface area contributed by atoms with Crippen LogP contribution in [0.15, 0.2) is 29.2 Å². The van der Waals surface area contributed by atoms with Crippen molar-refractivity contribution in [2.75, 3.05) is 33.9 Å². The summed E-state index contributed by atoms with van der Waals surface area (Å²) in [6.07, 6.45) is 0.882. The topological polar surface area (TPSA) is 75.7 Å². The molecule has 0 heterocycles. The number of rotatable bonds is 9. The zero-order chi connectivity index (χ0) is 19.1. The molecule has 142 valence electrons. The largest absolute Gasteiger partial charge is 0.385 e. The number of ether oxygens (including phenoxy) is 1. The first-order valence-electron chi connectivity index (χ1n) is 8.41. The van der Waals surface area contributed by atoms with Crippen molar-refractivity contribution in [1.82, 2.24) is 9.62 Å². The van der Waals surface area contributed by atoms with Gasteiger partial charge in [0.1, 0.15) is 0 Å². The number of nitrogens with zero attached hydrogens (tertiary/aromatic N) is 1. The van der Waals surface area contributed by atoms with Crippen molar-refractivity contribution in [1.29, 1.82) is 0 Å². The lowest BCUT2D eigenvalue weighted by molar-refractivity contribution is -0.129. The molecule has 0 aliphatic rings. The van der Waals surface area contributed by atoms with Gasteiger partial charge < -0.3 is 9.64 Å². The molecule has 0 radical (unpaired) electrons. The molecule has 0 fully saturated rings. The molecule has 0 aliphatic heterocycles. The average Bonchev–Trinajstić information content (AvgIpc) is 2.54. The van der Waals surface area contributed by atoms with Gasteiger partial charge in [-0.1, -0.05) is 32.9 Å². The first-order chi connectivity index (χ1) is 11.6. The van der Waals surface area contributed by atoms with E-state index in [9.17, 15) is 13.2 Å². The maximum atomic E-state index is 12.3. The predicted molar refractivity (Wildman–Crippen MR) is 99.1 cm³/mol. The molecule has 1 rings (SSSR count). The summed E-state index contributed by atoms with van der Waals surface area (Å²) in [5, 5.41) is 0. The van der Waals surface area contributed by atoms with Gasteiger partial charge in [0.2, 0.25) is 15.9 Å². The lowest BCUT2D eigenvalue weighted by atomic mass is 9.87. The molecule has 0 saturated carbocycles. The highest BCUT2D eigenvalue weighted by Gasteiger charge is 2.18. The van der Waals surface area contributed by atoms with Gasteiger partial charge in [-0.2, -0.15) is 0 Å². The van der Waals surface area contributed by atoms with Gasteiger partial charge in [-0.05, 0) is 29.5 Å². The molecule has 0 saturated heterocycles. The fourth-order valence-corrected chi connectivity index (χ4v) is 3.30. The van der Waals surface area contributed by atoms with E-state index in [2.05, 4.69) is 25.5 Å². The molecule has 1 aromatic carbocycles. The van der Waals surface area contributed by atoms with Gasteiger partial charge in [-0.25, -0.2) is 13.1 Å². The number of sulfonamides is 1. The maximum absolute atomic E-state index is 12.3. The monoisotopic (exact) mass is 370 g/mol. The molecule has 25 heavy (non-hydrogen) atoms. The van der Waals surface area contributed by atoms with Gasteiger partial charge in [-0.15, -0.1) is 0 Å². The third kappa shape index (κ3) is 7.13. The van der Waals surface area contributed by atoms with E-state index in [-0.39, 0.29) is 29.2 Å². The van der Waals surface area contributed by atoms with Crippen molar-refractivity contribution in [2.45, 2.75) is 43.9 Å². The Kier molecular flexibility index (Phi) is 8.05. The molecule has 0 spiro atoms. The van der Waals surface area contributed by atoms with Crippen LogP contribution < -0.4 is 4.72 Å². The smallest absolute Gasteiger partial charge is 0.240 e. The Morgan fingerprint density at radius 2 is 1.80 bits per heavy atom. The number of carbonyl (C=O) groups excluding carboxylic acids is 1. The van der Waals surface area contributed by atoms with Crippen LogP contribution in [0, 0.1) is 0 Å². The zero-order valence-electron chi connectivity index (χ0n) is 15.8. The Balaban J connectivity index is 2.54. The summed E-state index contributed by atoms with van der Waals surface area (Å²) < 4.78 is 32.0. The van der Waals surface area contributed by atoms with Crippen molar-refractivity contribution >= 4 is 15.9 Å². The predicted octanol–water partition coefficient (Wildman–Crippen LogP) is 2.15. The van der Waals surface area contributed by atoms with E-state index >= 15 is 0 Å². The highest BCUT2D eigenvalue weighted by atomic mass is 32.2. The Morgan fingerprint density at radius 1 is 1.20 bits per heavy atom. The molecule has 0 aliphatic carbocycles. The second kappa shape index (κ2) is 9.31. The number of hydrogen-bond acceptors (Lipinski definition) is 4. The molecule has 0 bridgehead atoms. The second-order valence-electron chi connectivity index (χ2n) is 7.08. The minimum atomic E-state index is -3.61. The minimum absolute atomic E-state index is 0.0322. The van der Waals surface area contributed by atoms with Crippen molar-refractivity contribution in [2.24, 2.45) is 0 Å². The summed E-state index contributed by atoms with van der Waals surface area (Å²) in [6.45, 7) is 7.48. The molecule has 1 amide bonds. The maximum Gasteiger partial charge on any atom is 0.240 e. The molecule has 0 aromatic heterocycles. The van der Waals surface area contributed by atoms with Crippen LogP contribution in [-0.4, -0.2) is 53.1 Å². The van der Waals surface area contributed by atoms with Gasteiger partial charge in [0, 0.05) is 40.3 Å². The molecular formula is C18H30N2O4S. The molecule has 1 N–H and O–H groups in total. The van der Waals surface area contributed by atoms with Crippen molar-refractivity contribution in [3.8, 4) is 0 Å². The quantitative estimate of drug-likeness (QED) is 0.676. The first-order valence-corrected chi connectivity index (χ1v) is 9.89. The van der Waals surface area contributed by atoms with Crippen LogP contribution in [0.5, 0.6) is 0 Å². The van der Waals surface area contributed by atoms with E-state index in [4.69, 9.17) is 4.74 Å². The van der Waals surface area contributed by atoms with Gasteiger partial charge in [0.15, 0.2) is 0 Å². The van der Waals surface area contributed by atoms with Gasteiger partial charge in [-0.3, -0.25) is 4.79 Å². The summed E-state index contributed by atoms with van der Waals surface area (Å²) >= 11 is 0. The molecule has 0 atom stereocenters. The van der Waals surface area contributed by atoms with Crippen LogP contribution >= 0.6 is 0 Å². The van der Waals surface area contributed by atoms with Crippen molar-refractivity contribution in [3.63, 3.8) is 0 Å². The molecule has 1 aromatic rings. The first kappa shape index (κ1) is 21.6. The molecule has 7 heteroatoms. The number of amides is 1. The van der Waals surface area contributed by atoms with Crippen molar-refractivity contribution < 1.29 is 17.9 Å². The van der Waals surface area contributed by atoms with E-state index in [1.807, 2.05) is 12.1 Å². The van der Waals surface area contributed by atoms with E-state index in [1.54, 1.807) is 31.2 Å². The Labute approximate surface area is 151 Å². The summed E-state index contributed by atoms with van der Waals surface area (Å²) in [5.41, 5.74) is 1.04. The number of benzene rings is 1. The minimum Gasteiger partial charge on any atom is -0.385 e. The summed E-state index contributed by atoms with van der Waals surface area (Å²) in [5.74, 6) is -0.0955. The molecule has 6 nitrogen and oxygen atoms in total. The lowest BCUT2D eigenvalue weighted by Crippen LogP contribution is -2.33. The highest BCUT2D eigenvalue weighted by molar-refractivity contribution is 7.89. The number of carbonyl (C=O) groups is 1. The van der Waals surface area contributed by atoms with E-state index in [0.717, 1.165) is 12.0 Å². The van der Waals surface area contributed by atoms with Gasteiger partial charge >= 0.3 is 0 Å². The molecule has 0 unspecified atom stereocenters. The van der Waals surface area contributed by atoms with Crippen LogP contribution in [0.4, 0.5) is 0 Å². The van der Waals surface area contributed by atoms with E-state index in [0.29, 0.717) is 13.2 Å². The van der Waals surface area contributed by atoms with Crippen LogP contribution in [-0.2, 0) is 25.0 Å². The van der Waals surface area contributed by atoms with Crippen LogP contribution in [0.1, 0.15) is 39.2 Å². The highest BCUT2D eigenvalue weighted by Crippen LogP contribution is 2.23. The number of methoxy groups -OCH3 is 1. The summed E-state index contributed by atoms with van der Waals surface area (Å²) in [6, 6.07) is 6.84. The lowest BCUT2D eigenvalue weighted by Gasteiger charge is -2.19. The average molecular weight is 371 g/mol. The second-order valence-corrected chi connectivity index (χ2v) is 8.85.